The van der Waals surface area contributed by atoms with Gasteiger partial charge >= 0.3 is 0 Å². The largest absolute Gasteiger partial charge is 0.451 e. The molecule has 0 amide bonds. The summed E-state index contributed by atoms with van der Waals surface area (Å²) in [7, 11) is 0. The summed E-state index contributed by atoms with van der Waals surface area (Å²) >= 11 is 5.48. The molecule has 0 radical (unpaired) electrons. The smallest absolute Gasteiger partial charge is 0.164 e. The van der Waals surface area contributed by atoms with Gasteiger partial charge < -0.3 is 4.42 Å². The van der Waals surface area contributed by atoms with E-state index in [-0.39, 0.29) is 0 Å². The molecule has 0 saturated carbocycles. The molecule has 0 bridgehead atoms. The summed E-state index contributed by atoms with van der Waals surface area (Å²) in [5, 5.41) is 9.16. The van der Waals surface area contributed by atoms with Gasteiger partial charge in [-0.25, -0.2) is 0 Å². The average molecular weight is 400 g/mol. The van der Waals surface area contributed by atoms with E-state index in [9.17, 15) is 0 Å². The van der Waals surface area contributed by atoms with Crippen molar-refractivity contribution in [2.75, 3.05) is 0 Å². The molecule has 17 heavy (non-hydrogen) atoms. The third-order valence-electron chi connectivity index (χ3n) is 2.14. The maximum absolute atomic E-state index is 9.16. The third-order valence-corrected chi connectivity index (χ3v) is 3.21. The lowest BCUT2D eigenvalue weighted by Gasteiger charge is -1.98. The predicted octanol–water partition coefficient (Wildman–Crippen LogP) is 4.71. The number of rotatable bonds is 2. The summed E-state index contributed by atoms with van der Waals surface area (Å²) in [6, 6.07) is 13.5. The number of hydrogen-bond acceptors (Lipinski definition) is 2. The topological polar surface area (TPSA) is 36.9 Å². The molecule has 1 heterocycles. The molecule has 4 heteroatoms. The second-order valence-electron chi connectivity index (χ2n) is 3.32. The number of allylic oxidation sites excluding steroid dienone is 1. The fourth-order valence-electron chi connectivity index (χ4n) is 1.38. The molecule has 0 aliphatic rings. The molecule has 0 spiro atoms. The Bertz CT molecular complexity index is 610. The Labute approximate surface area is 121 Å². The Hall–Kier alpha value is -1.06. The van der Waals surface area contributed by atoms with E-state index in [0.717, 1.165) is 13.8 Å². The van der Waals surface area contributed by atoms with Gasteiger partial charge in [-0.1, -0.05) is 28.1 Å². The van der Waals surface area contributed by atoms with Gasteiger partial charge in [-0.2, -0.15) is 5.26 Å². The van der Waals surface area contributed by atoms with Crippen LogP contribution >= 0.6 is 38.5 Å². The molecule has 0 aliphatic heterocycles. The molecule has 0 fully saturated rings. The van der Waals surface area contributed by atoms with Crippen molar-refractivity contribution < 1.29 is 4.42 Å². The van der Waals surface area contributed by atoms with Crippen LogP contribution in [-0.2, 0) is 0 Å². The first-order valence-corrected chi connectivity index (χ1v) is 6.69. The maximum Gasteiger partial charge on any atom is 0.164 e. The highest BCUT2D eigenvalue weighted by molar-refractivity contribution is 14.1. The highest BCUT2D eigenvalue weighted by Crippen LogP contribution is 2.22. The van der Waals surface area contributed by atoms with Crippen LogP contribution in [0.4, 0.5) is 0 Å². The lowest BCUT2D eigenvalue weighted by atomic mass is 10.1. The molecule has 0 N–H and O–H groups in total. The second-order valence-corrected chi connectivity index (χ2v) is 5.30. The number of benzene rings is 1. The fourth-order valence-corrected chi connectivity index (χ4v) is 2.22. The molecule has 0 saturated heterocycles. The molecular formula is C13H7BrINO. The van der Waals surface area contributed by atoms with Crippen molar-refractivity contribution in [3.8, 4) is 6.07 Å². The van der Waals surface area contributed by atoms with Gasteiger partial charge in [-0.15, -0.1) is 0 Å². The van der Waals surface area contributed by atoms with Gasteiger partial charge in [0, 0.05) is 4.47 Å². The van der Waals surface area contributed by atoms with Crippen LogP contribution in [-0.4, -0.2) is 0 Å². The van der Waals surface area contributed by atoms with Crippen molar-refractivity contribution >= 4 is 50.2 Å². The summed E-state index contributed by atoms with van der Waals surface area (Å²) in [5.74, 6) is 0.686. The van der Waals surface area contributed by atoms with Crippen molar-refractivity contribution in [3.05, 3.63) is 56.0 Å². The van der Waals surface area contributed by atoms with Gasteiger partial charge in [0.1, 0.15) is 5.76 Å². The molecule has 2 rings (SSSR count). The normalized spacial score (nSPS) is 11.2. The van der Waals surface area contributed by atoms with Crippen molar-refractivity contribution in [1.82, 2.24) is 0 Å². The quantitative estimate of drug-likeness (QED) is 0.541. The lowest BCUT2D eigenvalue weighted by molar-refractivity contribution is 0.528. The SMILES string of the molecule is N#C/C(=C/c1ccc(I)o1)c1cccc(Br)c1. The minimum Gasteiger partial charge on any atom is -0.451 e. The van der Waals surface area contributed by atoms with Crippen LogP contribution < -0.4 is 0 Å². The number of nitrogens with zero attached hydrogens (tertiary/aromatic N) is 1. The van der Waals surface area contributed by atoms with Crippen LogP contribution in [0, 0.1) is 15.1 Å². The highest BCUT2D eigenvalue weighted by Gasteiger charge is 2.03. The molecule has 0 unspecified atom stereocenters. The zero-order valence-corrected chi connectivity index (χ0v) is 12.4. The van der Waals surface area contributed by atoms with E-state index < -0.39 is 0 Å². The van der Waals surface area contributed by atoms with E-state index >= 15 is 0 Å². The Kier molecular flexibility index (Phi) is 4.02. The molecule has 1 aromatic carbocycles. The zero-order chi connectivity index (χ0) is 12.3. The van der Waals surface area contributed by atoms with Crippen LogP contribution in [0.25, 0.3) is 11.6 Å². The van der Waals surface area contributed by atoms with Gasteiger partial charge in [0.2, 0.25) is 0 Å². The molecule has 84 valence electrons. The Morgan fingerprint density at radius 1 is 1.35 bits per heavy atom. The Morgan fingerprint density at radius 2 is 2.18 bits per heavy atom. The average Bonchev–Trinajstić information content (AvgIpc) is 2.72. The van der Waals surface area contributed by atoms with E-state index in [2.05, 4.69) is 44.6 Å². The van der Waals surface area contributed by atoms with Crippen molar-refractivity contribution in [1.29, 1.82) is 5.26 Å². The van der Waals surface area contributed by atoms with E-state index in [0.29, 0.717) is 11.3 Å². The first-order chi connectivity index (χ1) is 8.19. The number of nitriles is 1. The van der Waals surface area contributed by atoms with Gasteiger partial charge in [0.25, 0.3) is 0 Å². The van der Waals surface area contributed by atoms with Crippen LogP contribution in [0.15, 0.2) is 45.3 Å². The van der Waals surface area contributed by atoms with Gasteiger partial charge in [-0.3, -0.25) is 0 Å². The van der Waals surface area contributed by atoms with E-state index in [1.165, 1.54) is 0 Å². The van der Waals surface area contributed by atoms with Crippen LogP contribution in [0.5, 0.6) is 0 Å². The lowest BCUT2D eigenvalue weighted by Crippen LogP contribution is -1.81. The molecule has 0 atom stereocenters. The molecule has 2 aromatic rings. The van der Waals surface area contributed by atoms with Crippen LogP contribution in [0.2, 0.25) is 0 Å². The van der Waals surface area contributed by atoms with E-state index in [4.69, 9.17) is 9.68 Å². The summed E-state index contributed by atoms with van der Waals surface area (Å²) < 4.78 is 7.17. The zero-order valence-electron chi connectivity index (χ0n) is 8.65. The first kappa shape index (κ1) is 12.4. The molecular weight excluding hydrogens is 393 g/mol. The standard InChI is InChI=1S/C13H7BrINO/c14-11-3-1-2-9(6-11)10(8-16)7-12-4-5-13(15)17-12/h1-7H/b10-7-. The van der Waals surface area contributed by atoms with E-state index in [1.807, 2.05) is 36.4 Å². The second kappa shape index (κ2) is 5.52. The third kappa shape index (κ3) is 3.20. The Morgan fingerprint density at radius 3 is 2.76 bits per heavy atom. The van der Waals surface area contributed by atoms with Crippen molar-refractivity contribution in [2.45, 2.75) is 0 Å². The summed E-state index contributed by atoms with van der Waals surface area (Å²) in [6.45, 7) is 0. The number of hydrogen-bond donors (Lipinski definition) is 0. The molecule has 1 aromatic heterocycles. The van der Waals surface area contributed by atoms with Gasteiger partial charge in [-0.05, 0) is 58.5 Å². The first-order valence-electron chi connectivity index (χ1n) is 4.82. The maximum atomic E-state index is 9.16. The van der Waals surface area contributed by atoms with Crippen molar-refractivity contribution in [2.24, 2.45) is 0 Å². The van der Waals surface area contributed by atoms with E-state index in [1.54, 1.807) is 6.08 Å². The number of furan rings is 1. The highest BCUT2D eigenvalue weighted by atomic mass is 127. The summed E-state index contributed by atoms with van der Waals surface area (Å²) in [6.07, 6.45) is 1.74. The fraction of sp³-hybridized carbons (Fsp3) is 0. The minimum absolute atomic E-state index is 0.581. The van der Waals surface area contributed by atoms with Crippen LogP contribution in [0.3, 0.4) is 0 Å². The monoisotopic (exact) mass is 399 g/mol. The van der Waals surface area contributed by atoms with Crippen molar-refractivity contribution in [3.63, 3.8) is 0 Å². The van der Waals surface area contributed by atoms with Gasteiger partial charge in [0.15, 0.2) is 3.77 Å². The predicted molar refractivity (Wildman–Crippen MR) is 79.1 cm³/mol. The molecule has 0 aliphatic carbocycles. The summed E-state index contributed by atoms with van der Waals surface area (Å²) in [4.78, 5) is 0. The van der Waals surface area contributed by atoms with Gasteiger partial charge in [0.05, 0.1) is 11.6 Å². The molecule has 2 nitrogen and oxygen atoms in total. The Balaban J connectivity index is 2.41. The number of halogens is 2. The van der Waals surface area contributed by atoms with Crippen LogP contribution in [0.1, 0.15) is 11.3 Å². The minimum atomic E-state index is 0.581. The summed E-state index contributed by atoms with van der Waals surface area (Å²) in [5.41, 5.74) is 1.45.